The molecule has 1 saturated heterocycles. The molecule has 2 heterocycles. The van der Waals surface area contributed by atoms with Gasteiger partial charge in [0.15, 0.2) is 0 Å². The minimum Gasteiger partial charge on any atom is -0.497 e. The second kappa shape index (κ2) is 10.6. The smallest absolute Gasteiger partial charge is 0.272 e. The zero-order chi connectivity index (χ0) is 25.8. The number of carbonyl (C=O) groups excluding carboxylic acids is 1. The molecule has 1 fully saturated rings. The molecule has 0 bridgehead atoms. The Kier molecular flexibility index (Phi) is 6.96. The van der Waals surface area contributed by atoms with Crippen molar-refractivity contribution in [2.75, 3.05) is 33.3 Å². The summed E-state index contributed by atoms with van der Waals surface area (Å²) < 4.78 is 6.92. The molecule has 0 saturated carbocycles. The molecule has 1 aliphatic rings. The number of nitro groups is 1. The lowest BCUT2D eigenvalue weighted by atomic mass is 10.1. The topological polar surface area (TPSA) is 93.7 Å². The van der Waals surface area contributed by atoms with E-state index in [4.69, 9.17) is 9.84 Å². The van der Waals surface area contributed by atoms with Crippen LogP contribution in [0.15, 0.2) is 84.9 Å². The van der Waals surface area contributed by atoms with E-state index in [2.05, 4.69) is 17.0 Å². The zero-order valence-electron chi connectivity index (χ0n) is 20.5. The Hall–Kier alpha value is -4.50. The number of hydrogen-bond donors (Lipinski definition) is 0. The highest BCUT2D eigenvalue weighted by atomic mass is 16.6. The van der Waals surface area contributed by atoms with E-state index < -0.39 is 4.92 Å². The number of piperazine rings is 1. The fourth-order valence-corrected chi connectivity index (χ4v) is 4.48. The van der Waals surface area contributed by atoms with E-state index in [1.165, 1.54) is 17.7 Å². The highest BCUT2D eigenvalue weighted by molar-refractivity contribution is 5.94. The SMILES string of the molecule is COc1cccc(-c2cc(C(=O)N3CCN(Cc4ccccc4)CC3)n(-c3ccc([N+](=O)[O-])cc3)n2)c1. The molecule has 5 rings (SSSR count). The number of aromatic nitrogens is 2. The van der Waals surface area contributed by atoms with Crippen molar-refractivity contribution >= 4 is 11.6 Å². The molecule has 0 atom stereocenters. The maximum atomic E-state index is 13.7. The average molecular weight is 498 g/mol. The number of carbonyl (C=O) groups is 1. The summed E-state index contributed by atoms with van der Waals surface area (Å²) in [5.41, 5.74) is 3.63. The van der Waals surface area contributed by atoms with Crippen LogP contribution in [0.4, 0.5) is 5.69 Å². The van der Waals surface area contributed by atoms with Gasteiger partial charge >= 0.3 is 0 Å². The molecule has 4 aromatic rings. The zero-order valence-corrected chi connectivity index (χ0v) is 20.5. The van der Waals surface area contributed by atoms with Crippen molar-refractivity contribution in [1.29, 1.82) is 0 Å². The summed E-state index contributed by atoms with van der Waals surface area (Å²) >= 11 is 0. The van der Waals surface area contributed by atoms with Gasteiger partial charge in [-0.1, -0.05) is 42.5 Å². The van der Waals surface area contributed by atoms with Gasteiger partial charge in [0.1, 0.15) is 11.4 Å². The minimum absolute atomic E-state index is 0.0219. The van der Waals surface area contributed by atoms with E-state index in [-0.39, 0.29) is 11.6 Å². The van der Waals surface area contributed by atoms with Crippen LogP contribution in [-0.4, -0.2) is 63.7 Å². The number of nitrogens with zero attached hydrogens (tertiary/aromatic N) is 5. The maximum Gasteiger partial charge on any atom is 0.272 e. The van der Waals surface area contributed by atoms with E-state index in [0.29, 0.717) is 35.9 Å². The van der Waals surface area contributed by atoms with Crippen molar-refractivity contribution in [1.82, 2.24) is 19.6 Å². The Balaban J connectivity index is 1.41. The fourth-order valence-electron chi connectivity index (χ4n) is 4.48. The fraction of sp³-hybridized carbons (Fsp3) is 0.214. The Morgan fingerprint density at radius 1 is 0.946 bits per heavy atom. The highest BCUT2D eigenvalue weighted by Crippen LogP contribution is 2.27. The number of non-ortho nitro benzene ring substituents is 1. The number of amides is 1. The second-order valence-corrected chi connectivity index (χ2v) is 8.89. The Morgan fingerprint density at radius 2 is 1.68 bits per heavy atom. The largest absolute Gasteiger partial charge is 0.497 e. The normalized spacial score (nSPS) is 13.9. The maximum absolute atomic E-state index is 13.7. The number of hydrogen-bond acceptors (Lipinski definition) is 6. The predicted octanol–water partition coefficient (Wildman–Crippen LogP) is 4.41. The lowest BCUT2D eigenvalue weighted by molar-refractivity contribution is -0.384. The molecule has 1 amide bonds. The summed E-state index contributed by atoms with van der Waals surface area (Å²) in [6, 6.07) is 25.6. The van der Waals surface area contributed by atoms with Crippen molar-refractivity contribution in [3.8, 4) is 22.7 Å². The van der Waals surface area contributed by atoms with Gasteiger partial charge in [0.05, 0.1) is 23.4 Å². The molecule has 9 nitrogen and oxygen atoms in total. The molecule has 3 aromatic carbocycles. The summed E-state index contributed by atoms with van der Waals surface area (Å²) in [5.74, 6) is 0.559. The lowest BCUT2D eigenvalue weighted by Gasteiger charge is -2.34. The molecule has 0 spiro atoms. The Labute approximate surface area is 214 Å². The number of methoxy groups -OCH3 is 1. The van der Waals surface area contributed by atoms with Crippen LogP contribution in [0.3, 0.4) is 0 Å². The monoisotopic (exact) mass is 497 g/mol. The van der Waals surface area contributed by atoms with Crippen LogP contribution in [0.2, 0.25) is 0 Å². The van der Waals surface area contributed by atoms with Gasteiger partial charge in [0.2, 0.25) is 0 Å². The summed E-state index contributed by atoms with van der Waals surface area (Å²) in [7, 11) is 1.60. The first kappa shape index (κ1) is 24.2. The molecular weight excluding hydrogens is 470 g/mol. The standard InChI is InChI=1S/C28H27N5O4/c1-37-25-9-5-8-22(18-25)26-19-27(32(29-26)23-10-12-24(13-11-23)33(35)36)28(34)31-16-14-30(15-17-31)20-21-6-3-2-4-7-21/h2-13,18-19H,14-17,20H2,1H3. The van der Waals surface area contributed by atoms with Gasteiger partial charge < -0.3 is 9.64 Å². The third-order valence-corrected chi connectivity index (χ3v) is 6.51. The molecule has 9 heteroatoms. The van der Waals surface area contributed by atoms with Gasteiger partial charge in [0, 0.05) is 50.4 Å². The first-order valence-electron chi connectivity index (χ1n) is 12.1. The van der Waals surface area contributed by atoms with Crippen LogP contribution in [-0.2, 0) is 6.54 Å². The highest BCUT2D eigenvalue weighted by Gasteiger charge is 2.26. The molecule has 1 aromatic heterocycles. The molecular formula is C28H27N5O4. The molecule has 0 unspecified atom stereocenters. The number of rotatable bonds is 7. The first-order valence-corrected chi connectivity index (χ1v) is 12.1. The van der Waals surface area contributed by atoms with Crippen LogP contribution in [0.5, 0.6) is 5.75 Å². The van der Waals surface area contributed by atoms with Gasteiger partial charge in [-0.15, -0.1) is 0 Å². The van der Waals surface area contributed by atoms with Gasteiger partial charge in [-0.2, -0.15) is 5.10 Å². The number of ether oxygens (including phenoxy) is 1. The van der Waals surface area contributed by atoms with E-state index in [0.717, 1.165) is 25.2 Å². The van der Waals surface area contributed by atoms with Crippen LogP contribution in [0.1, 0.15) is 16.1 Å². The van der Waals surface area contributed by atoms with E-state index in [9.17, 15) is 14.9 Å². The molecule has 0 aliphatic carbocycles. The van der Waals surface area contributed by atoms with Crippen molar-refractivity contribution in [3.05, 3.63) is 106 Å². The molecule has 0 N–H and O–H groups in total. The second-order valence-electron chi connectivity index (χ2n) is 8.89. The molecule has 188 valence electrons. The molecule has 0 radical (unpaired) electrons. The van der Waals surface area contributed by atoms with Crippen LogP contribution < -0.4 is 4.74 Å². The predicted molar refractivity (Wildman–Crippen MR) is 140 cm³/mol. The van der Waals surface area contributed by atoms with Crippen LogP contribution in [0.25, 0.3) is 16.9 Å². The van der Waals surface area contributed by atoms with Gasteiger partial charge in [0.25, 0.3) is 11.6 Å². The van der Waals surface area contributed by atoms with Crippen molar-refractivity contribution in [2.24, 2.45) is 0 Å². The minimum atomic E-state index is -0.449. The summed E-state index contributed by atoms with van der Waals surface area (Å²) in [6.45, 7) is 3.60. The third-order valence-electron chi connectivity index (χ3n) is 6.51. The summed E-state index contributed by atoms with van der Waals surface area (Å²) in [6.07, 6.45) is 0. The molecule has 37 heavy (non-hydrogen) atoms. The van der Waals surface area contributed by atoms with Gasteiger partial charge in [-0.25, -0.2) is 4.68 Å². The summed E-state index contributed by atoms with van der Waals surface area (Å²) in [4.78, 5) is 28.6. The van der Waals surface area contributed by atoms with E-state index >= 15 is 0 Å². The van der Waals surface area contributed by atoms with Crippen molar-refractivity contribution < 1.29 is 14.5 Å². The quantitative estimate of drug-likeness (QED) is 0.277. The van der Waals surface area contributed by atoms with Gasteiger partial charge in [-0.3, -0.25) is 19.8 Å². The third kappa shape index (κ3) is 5.36. The number of nitro benzene ring substituents is 1. The van der Waals surface area contributed by atoms with Crippen molar-refractivity contribution in [2.45, 2.75) is 6.54 Å². The summed E-state index contributed by atoms with van der Waals surface area (Å²) in [5, 5.41) is 15.8. The van der Waals surface area contributed by atoms with Crippen LogP contribution >= 0.6 is 0 Å². The van der Waals surface area contributed by atoms with Gasteiger partial charge in [-0.05, 0) is 35.9 Å². The first-order chi connectivity index (χ1) is 18.0. The number of benzene rings is 3. The van der Waals surface area contributed by atoms with E-state index in [1.807, 2.05) is 47.4 Å². The Bertz CT molecular complexity index is 1390. The van der Waals surface area contributed by atoms with Crippen LogP contribution in [0, 0.1) is 10.1 Å². The lowest BCUT2D eigenvalue weighted by Crippen LogP contribution is -2.48. The Morgan fingerprint density at radius 3 is 2.35 bits per heavy atom. The van der Waals surface area contributed by atoms with E-state index in [1.54, 1.807) is 30.0 Å². The van der Waals surface area contributed by atoms with Crippen molar-refractivity contribution in [3.63, 3.8) is 0 Å². The average Bonchev–Trinajstić information content (AvgIpc) is 3.39. The molecule has 1 aliphatic heterocycles.